The van der Waals surface area contributed by atoms with Gasteiger partial charge >= 0.3 is 0 Å². The van der Waals surface area contributed by atoms with Crippen LogP contribution in [0.4, 0.5) is 0 Å². The number of ether oxygens (including phenoxy) is 2. The van der Waals surface area contributed by atoms with Crippen LogP contribution in [0.1, 0.15) is 11.7 Å². The third kappa shape index (κ3) is 3.39. The maximum atomic E-state index is 9.86. The second kappa shape index (κ2) is 6.95. The summed E-state index contributed by atoms with van der Waals surface area (Å²) in [6, 6.07) is 10.5. The predicted molar refractivity (Wildman–Crippen MR) is 69.6 cm³/mol. The first kappa shape index (κ1) is 15.9. The summed E-state index contributed by atoms with van der Waals surface area (Å²) in [5, 5.41) is 47.5. The molecule has 1 heterocycles. The van der Waals surface area contributed by atoms with E-state index in [1.54, 1.807) is 30.3 Å². The van der Waals surface area contributed by atoms with Crippen LogP contribution in [0.2, 0.25) is 0 Å². The van der Waals surface area contributed by atoms with Crippen molar-refractivity contribution in [2.75, 3.05) is 6.61 Å². The Hall–Kier alpha value is -1.53. The third-order valence-corrected chi connectivity index (χ3v) is 3.34. The Morgan fingerprint density at radius 2 is 1.81 bits per heavy atom. The van der Waals surface area contributed by atoms with Gasteiger partial charge in [-0.2, -0.15) is 5.26 Å². The van der Waals surface area contributed by atoms with Gasteiger partial charge in [-0.3, -0.25) is 0 Å². The highest BCUT2D eigenvalue weighted by Gasteiger charge is 2.44. The minimum Gasteiger partial charge on any atom is -0.394 e. The Bertz CT molecular complexity index is 488. The van der Waals surface area contributed by atoms with Gasteiger partial charge in [0.1, 0.15) is 24.4 Å². The zero-order valence-corrected chi connectivity index (χ0v) is 11.1. The first-order chi connectivity index (χ1) is 10.1. The Kier molecular flexibility index (Phi) is 5.25. The lowest BCUT2D eigenvalue weighted by Gasteiger charge is -2.40. The van der Waals surface area contributed by atoms with Crippen LogP contribution in [0.3, 0.4) is 0 Å². The summed E-state index contributed by atoms with van der Waals surface area (Å²) >= 11 is 0. The molecule has 0 saturated carbocycles. The average Bonchev–Trinajstić information content (AvgIpc) is 2.53. The number of rotatable bonds is 4. The van der Waals surface area contributed by atoms with Crippen LogP contribution in [0.15, 0.2) is 30.3 Å². The van der Waals surface area contributed by atoms with Crippen molar-refractivity contribution in [2.45, 2.75) is 36.8 Å². The topological polar surface area (TPSA) is 123 Å². The van der Waals surface area contributed by atoms with E-state index in [-0.39, 0.29) is 0 Å². The summed E-state index contributed by atoms with van der Waals surface area (Å²) in [4.78, 5) is 0. The molecule has 0 amide bonds. The molecule has 1 aliphatic rings. The Balaban J connectivity index is 2.12. The lowest BCUT2D eigenvalue weighted by Crippen LogP contribution is -2.59. The molecule has 1 aromatic rings. The summed E-state index contributed by atoms with van der Waals surface area (Å²) in [6.45, 7) is -0.548. The highest BCUT2D eigenvalue weighted by molar-refractivity contribution is 5.22. The van der Waals surface area contributed by atoms with Crippen molar-refractivity contribution < 1.29 is 29.9 Å². The molecule has 7 heteroatoms. The number of aliphatic hydroxyl groups is 4. The summed E-state index contributed by atoms with van der Waals surface area (Å²) < 4.78 is 10.6. The molecule has 21 heavy (non-hydrogen) atoms. The van der Waals surface area contributed by atoms with Gasteiger partial charge in [-0.05, 0) is 5.56 Å². The number of hydrogen-bond acceptors (Lipinski definition) is 7. The average molecular weight is 295 g/mol. The van der Waals surface area contributed by atoms with E-state index in [1.807, 2.05) is 6.07 Å². The van der Waals surface area contributed by atoms with Crippen LogP contribution in [0.5, 0.6) is 0 Å². The van der Waals surface area contributed by atoms with Gasteiger partial charge in [0.25, 0.3) is 0 Å². The summed E-state index contributed by atoms with van der Waals surface area (Å²) in [5.41, 5.74) is 0.567. The Labute approximate surface area is 121 Å². The van der Waals surface area contributed by atoms with Crippen LogP contribution in [0, 0.1) is 11.3 Å². The summed E-state index contributed by atoms with van der Waals surface area (Å²) in [7, 11) is 0. The van der Waals surface area contributed by atoms with Crippen LogP contribution < -0.4 is 0 Å². The zero-order valence-electron chi connectivity index (χ0n) is 11.1. The molecule has 0 bridgehead atoms. The van der Waals surface area contributed by atoms with Crippen molar-refractivity contribution in [3.63, 3.8) is 0 Å². The number of nitriles is 1. The smallest absolute Gasteiger partial charge is 0.188 e. The first-order valence-corrected chi connectivity index (χ1v) is 6.49. The molecule has 0 spiro atoms. The fourth-order valence-corrected chi connectivity index (χ4v) is 2.13. The molecule has 6 atom stereocenters. The fourth-order valence-electron chi connectivity index (χ4n) is 2.13. The van der Waals surface area contributed by atoms with Crippen LogP contribution >= 0.6 is 0 Å². The molecule has 1 aliphatic heterocycles. The van der Waals surface area contributed by atoms with Gasteiger partial charge in [-0.25, -0.2) is 0 Å². The van der Waals surface area contributed by atoms with E-state index >= 15 is 0 Å². The SMILES string of the molecule is N#C[C@H](O[C@@H]1O[C@@H](CO)[C@@H](O)[C@@H](O)[C@@H]1O)c1ccccc1. The van der Waals surface area contributed by atoms with Crippen LogP contribution in [0.25, 0.3) is 0 Å². The van der Waals surface area contributed by atoms with Gasteiger partial charge in [0, 0.05) is 0 Å². The normalized spacial score (nSPS) is 34.1. The molecule has 0 unspecified atom stereocenters. The molecular formula is C14H17NO6. The summed E-state index contributed by atoms with van der Waals surface area (Å²) in [5.74, 6) is 0. The number of benzene rings is 1. The van der Waals surface area contributed by atoms with Gasteiger partial charge in [0.15, 0.2) is 12.4 Å². The second-order valence-electron chi connectivity index (χ2n) is 4.75. The van der Waals surface area contributed by atoms with Gasteiger partial charge in [-0.1, -0.05) is 30.3 Å². The van der Waals surface area contributed by atoms with Gasteiger partial charge in [0.2, 0.25) is 0 Å². The third-order valence-electron chi connectivity index (χ3n) is 3.34. The highest BCUT2D eigenvalue weighted by atomic mass is 16.7. The molecule has 0 aromatic heterocycles. The maximum Gasteiger partial charge on any atom is 0.188 e. The van der Waals surface area contributed by atoms with E-state index < -0.39 is 43.4 Å². The number of aliphatic hydroxyl groups excluding tert-OH is 4. The largest absolute Gasteiger partial charge is 0.394 e. The predicted octanol–water partition coefficient (Wildman–Crippen LogP) is -0.932. The molecular weight excluding hydrogens is 278 g/mol. The van der Waals surface area contributed by atoms with Crippen molar-refractivity contribution in [1.29, 1.82) is 5.26 Å². The van der Waals surface area contributed by atoms with E-state index in [1.165, 1.54) is 0 Å². The van der Waals surface area contributed by atoms with Crippen molar-refractivity contribution in [3.8, 4) is 6.07 Å². The second-order valence-corrected chi connectivity index (χ2v) is 4.75. The van der Waals surface area contributed by atoms with E-state index in [0.29, 0.717) is 5.56 Å². The monoisotopic (exact) mass is 295 g/mol. The molecule has 4 N–H and O–H groups in total. The van der Waals surface area contributed by atoms with Gasteiger partial charge in [-0.15, -0.1) is 0 Å². The van der Waals surface area contributed by atoms with Gasteiger partial charge in [0.05, 0.1) is 12.7 Å². The lowest BCUT2D eigenvalue weighted by molar-refractivity contribution is -0.307. The van der Waals surface area contributed by atoms with E-state index in [9.17, 15) is 15.3 Å². The van der Waals surface area contributed by atoms with E-state index in [2.05, 4.69) is 0 Å². The molecule has 1 fully saturated rings. The minimum absolute atomic E-state index is 0.548. The van der Waals surface area contributed by atoms with E-state index in [0.717, 1.165) is 0 Å². The molecule has 114 valence electrons. The number of nitrogens with zero attached hydrogens (tertiary/aromatic N) is 1. The standard InChI is InChI=1S/C14H17NO6/c15-6-9(8-4-2-1-3-5-8)20-14-13(19)12(18)11(17)10(7-16)21-14/h1-5,9-14,16-19H,7H2/t9-,10-,11+,12+,13-,14+/m0/s1. The quantitative estimate of drug-likeness (QED) is 0.565. The Morgan fingerprint density at radius 1 is 1.14 bits per heavy atom. The summed E-state index contributed by atoms with van der Waals surface area (Å²) in [6.07, 6.45) is -7.91. The van der Waals surface area contributed by atoms with Crippen LogP contribution in [-0.4, -0.2) is 57.7 Å². The molecule has 7 nitrogen and oxygen atoms in total. The fraction of sp³-hybridized carbons (Fsp3) is 0.500. The highest BCUT2D eigenvalue weighted by Crippen LogP contribution is 2.27. The van der Waals surface area contributed by atoms with Crippen molar-refractivity contribution in [2.24, 2.45) is 0 Å². The molecule has 0 radical (unpaired) electrons. The number of hydrogen-bond donors (Lipinski definition) is 4. The molecule has 1 saturated heterocycles. The lowest BCUT2D eigenvalue weighted by atomic mass is 9.99. The first-order valence-electron chi connectivity index (χ1n) is 6.49. The van der Waals surface area contributed by atoms with Crippen molar-refractivity contribution >= 4 is 0 Å². The van der Waals surface area contributed by atoms with E-state index in [4.69, 9.17) is 19.8 Å². The maximum absolute atomic E-state index is 9.86. The van der Waals surface area contributed by atoms with Gasteiger partial charge < -0.3 is 29.9 Å². The zero-order chi connectivity index (χ0) is 15.4. The Morgan fingerprint density at radius 3 is 2.38 bits per heavy atom. The van der Waals surface area contributed by atoms with Crippen molar-refractivity contribution in [3.05, 3.63) is 35.9 Å². The molecule has 1 aromatic carbocycles. The molecule has 0 aliphatic carbocycles. The van der Waals surface area contributed by atoms with Crippen LogP contribution in [-0.2, 0) is 9.47 Å². The van der Waals surface area contributed by atoms with Crippen molar-refractivity contribution in [1.82, 2.24) is 0 Å². The molecule has 2 rings (SSSR count). The minimum atomic E-state index is -1.53.